The molecular formula is C18H14ClFN4O3. The highest BCUT2D eigenvalue weighted by molar-refractivity contribution is 6.31. The Kier molecular flexibility index (Phi) is 4.07. The zero-order chi connectivity index (χ0) is 19.3. The Balaban J connectivity index is 2.09. The molecule has 0 unspecified atom stereocenters. The van der Waals surface area contributed by atoms with Crippen LogP contribution in [0.25, 0.3) is 22.2 Å². The van der Waals surface area contributed by atoms with E-state index in [2.05, 4.69) is 9.97 Å². The van der Waals surface area contributed by atoms with Gasteiger partial charge >= 0.3 is 6.01 Å². The van der Waals surface area contributed by atoms with Gasteiger partial charge in [-0.05, 0) is 43.0 Å². The number of hydrogen-bond acceptors (Lipinski definition) is 6. The minimum atomic E-state index is -0.583. The average molecular weight is 389 g/mol. The second kappa shape index (κ2) is 6.31. The predicted octanol–water partition coefficient (Wildman–Crippen LogP) is 4.47. The lowest BCUT2D eigenvalue weighted by atomic mass is 9.99. The fourth-order valence-corrected chi connectivity index (χ4v) is 3.35. The molecule has 138 valence electrons. The first-order valence-electron chi connectivity index (χ1n) is 8.18. The smallest absolute Gasteiger partial charge is 0.317 e. The number of fused-ring (bicyclic) bond motifs is 1. The lowest BCUT2D eigenvalue weighted by Gasteiger charge is -2.13. The second-order valence-electron chi connectivity index (χ2n) is 6.34. The van der Waals surface area contributed by atoms with E-state index in [0.717, 1.165) is 12.8 Å². The summed E-state index contributed by atoms with van der Waals surface area (Å²) >= 11 is 5.90. The van der Waals surface area contributed by atoms with Crippen molar-refractivity contribution in [3.05, 3.63) is 50.8 Å². The minimum Gasteiger partial charge on any atom is -0.467 e. The minimum absolute atomic E-state index is 0.0162. The van der Waals surface area contributed by atoms with Crippen LogP contribution in [0.3, 0.4) is 0 Å². The monoisotopic (exact) mass is 388 g/mol. The molecule has 0 bridgehead atoms. The fraction of sp³-hybridized carbons (Fsp3) is 0.222. The highest BCUT2D eigenvalue weighted by atomic mass is 35.5. The lowest BCUT2D eigenvalue weighted by Crippen LogP contribution is -2.05. The highest BCUT2D eigenvalue weighted by Crippen LogP contribution is 2.49. The van der Waals surface area contributed by atoms with Gasteiger partial charge in [-0.1, -0.05) is 11.6 Å². The van der Waals surface area contributed by atoms with Crippen LogP contribution in [0.15, 0.2) is 24.3 Å². The number of nitro benzene ring substituents is 1. The van der Waals surface area contributed by atoms with Crippen LogP contribution in [0.2, 0.25) is 5.02 Å². The number of hydrogen-bond donors (Lipinski definition) is 1. The first kappa shape index (κ1) is 17.4. The summed E-state index contributed by atoms with van der Waals surface area (Å²) in [5.41, 5.74) is 7.81. The van der Waals surface area contributed by atoms with Gasteiger partial charge in [-0.15, -0.1) is 0 Å². The Bertz CT molecular complexity index is 1100. The van der Waals surface area contributed by atoms with Crippen LogP contribution >= 0.6 is 11.6 Å². The average Bonchev–Trinajstić information content (AvgIpc) is 3.47. The van der Waals surface area contributed by atoms with Crippen molar-refractivity contribution in [3.63, 3.8) is 0 Å². The second-order valence-corrected chi connectivity index (χ2v) is 6.75. The van der Waals surface area contributed by atoms with E-state index in [4.69, 9.17) is 22.1 Å². The van der Waals surface area contributed by atoms with Gasteiger partial charge in [-0.2, -0.15) is 9.97 Å². The molecule has 1 aromatic heterocycles. The summed E-state index contributed by atoms with van der Waals surface area (Å²) in [6, 6.07) is 5.80. The number of methoxy groups -OCH3 is 1. The number of ether oxygens (including phenoxy) is 1. The van der Waals surface area contributed by atoms with E-state index < -0.39 is 10.7 Å². The fourth-order valence-electron chi connectivity index (χ4n) is 3.17. The van der Waals surface area contributed by atoms with Gasteiger partial charge in [0.1, 0.15) is 11.5 Å². The van der Waals surface area contributed by atoms with Crippen molar-refractivity contribution in [1.29, 1.82) is 0 Å². The Morgan fingerprint density at radius 3 is 2.67 bits per heavy atom. The van der Waals surface area contributed by atoms with Crippen LogP contribution in [0.4, 0.5) is 15.8 Å². The van der Waals surface area contributed by atoms with Crippen LogP contribution in [0.5, 0.6) is 6.01 Å². The van der Waals surface area contributed by atoms with Gasteiger partial charge in [-0.3, -0.25) is 10.1 Å². The van der Waals surface area contributed by atoms with E-state index in [0.29, 0.717) is 27.7 Å². The molecule has 9 heteroatoms. The van der Waals surface area contributed by atoms with Gasteiger partial charge in [0, 0.05) is 11.1 Å². The van der Waals surface area contributed by atoms with Crippen molar-refractivity contribution in [2.24, 2.45) is 0 Å². The van der Waals surface area contributed by atoms with Gasteiger partial charge in [-0.25, -0.2) is 4.39 Å². The van der Waals surface area contributed by atoms with Crippen molar-refractivity contribution in [3.8, 4) is 17.3 Å². The molecule has 2 N–H and O–H groups in total. The van der Waals surface area contributed by atoms with Gasteiger partial charge < -0.3 is 10.5 Å². The quantitative estimate of drug-likeness (QED) is 0.402. The van der Waals surface area contributed by atoms with Crippen LogP contribution < -0.4 is 10.5 Å². The molecule has 0 atom stereocenters. The topological polar surface area (TPSA) is 104 Å². The van der Waals surface area contributed by atoms with E-state index in [9.17, 15) is 14.5 Å². The van der Waals surface area contributed by atoms with Crippen LogP contribution in [0, 0.1) is 15.9 Å². The van der Waals surface area contributed by atoms with E-state index >= 15 is 0 Å². The summed E-state index contributed by atoms with van der Waals surface area (Å²) < 4.78 is 18.7. The highest BCUT2D eigenvalue weighted by Gasteiger charge is 2.34. The largest absolute Gasteiger partial charge is 0.467 e. The Morgan fingerprint density at radius 1 is 1.33 bits per heavy atom. The zero-order valence-electron chi connectivity index (χ0n) is 14.2. The molecule has 1 aliphatic rings. The van der Waals surface area contributed by atoms with Crippen LogP contribution in [0.1, 0.15) is 24.3 Å². The van der Waals surface area contributed by atoms with Crippen molar-refractivity contribution in [2.75, 3.05) is 12.8 Å². The van der Waals surface area contributed by atoms with Gasteiger partial charge in [0.25, 0.3) is 5.69 Å². The molecule has 7 nitrogen and oxygen atoms in total. The third-order valence-corrected chi connectivity index (χ3v) is 4.87. The summed E-state index contributed by atoms with van der Waals surface area (Å²) in [5.74, 6) is -0.484. The number of benzene rings is 2. The predicted molar refractivity (Wildman–Crippen MR) is 99.5 cm³/mol. The summed E-state index contributed by atoms with van der Waals surface area (Å²) in [4.78, 5) is 19.8. The van der Waals surface area contributed by atoms with Crippen LogP contribution in [-0.4, -0.2) is 22.0 Å². The van der Waals surface area contributed by atoms with E-state index in [-0.39, 0.29) is 28.3 Å². The molecule has 0 aliphatic heterocycles. The van der Waals surface area contributed by atoms with Crippen molar-refractivity contribution in [1.82, 2.24) is 9.97 Å². The van der Waals surface area contributed by atoms with Gasteiger partial charge in [0.15, 0.2) is 0 Å². The molecule has 3 aromatic rings. The summed E-state index contributed by atoms with van der Waals surface area (Å²) in [7, 11) is 1.42. The van der Waals surface area contributed by atoms with E-state index in [1.54, 1.807) is 6.07 Å². The molecule has 2 aromatic carbocycles. The number of nitrogen functional groups attached to an aromatic ring is 1. The first-order chi connectivity index (χ1) is 12.9. The molecular weight excluding hydrogens is 375 g/mol. The van der Waals surface area contributed by atoms with E-state index in [1.807, 2.05) is 0 Å². The molecule has 0 spiro atoms. The summed E-state index contributed by atoms with van der Waals surface area (Å²) in [6.07, 6.45) is 1.74. The maximum absolute atomic E-state index is 13.6. The molecule has 1 fully saturated rings. The molecule has 0 radical (unpaired) electrons. The SMILES string of the molecule is COc1nc(-c2ccc(F)c(Cl)c2)c2c(N)c([N+](=O)[O-])c(C3CC3)cc2n1. The summed E-state index contributed by atoms with van der Waals surface area (Å²) in [6.45, 7) is 0. The zero-order valence-corrected chi connectivity index (χ0v) is 15.0. The third-order valence-electron chi connectivity index (χ3n) is 4.58. The Labute approximate surface area is 158 Å². The normalized spacial score (nSPS) is 13.7. The Hall–Kier alpha value is -3.00. The van der Waals surface area contributed by atoms with E-state index in [1.165, 1.54) is 25.3 Å². The number of nitrogens with two attached hydrogens (primary N) is 1. The lowest BCUT2D eigenvalue weighted by molar-refractivity contribution is -0.384. The number of aromatic nitrogens is 2. The number of rotatable bonds is 4. The first-order valence-corrected chi connectivity index (χ1v) is 8.56. The number of halogens is 2. The van der Waals surface area contributed by atoms with Crippen molar-refractivity contribution in [2.45, 2.75) is 18.8 Å². The third kappa shape index (κ3) is 2.91. The molecule has 0 amide bonds. The molecule has 1 heterocycles. The van der Waals surface area contributed by atoms with Crippen molar-refractivity contribution < 1.29 is 14.1 Å². The molecule has 4 rings (SSSR count). The molecule has 1 aliphatic carbocycles. The number of anilines is 1. The molecule has 1 saturated carbocycles. The molecule has 0 saturated heterocycles. The molecule has 27 heavy (non-hydrogen) atoms. The maximum atomic E-state index is 13.6. The van der Waals surface area contributed by atoms with Crippen LogP contribution in [-0.2, 0) is 0 Å². The van der Waals surface area contributed by atoms with Gasteiger partial charge in [0.2, 0.25) is 0 Å². The maximum Gasteiger partial charge on any atom is 0.317 e. The summed E-state index contributed by atoms with van der Waals surface area (Å²) in [5, 5.41) is 11.9. The standard InChI is InChI=1S/C18H14ClFN4O3/c1-27-18-22-13-7-10(8-2-3-8)17(24(25)26)15(21)14(13)16(23-18)9-4-5-12(20)11(19)6-9/h4-8H,2-3,21H2,1H3. The van der Waals surface area contributed by atoms with Gasteiger partial charge in [0.05, 0.1) is 33.7 Å². The number of nitro groups is 1. The Morgan fingerprint density at radius 2 is 2.07 bits per heavy atom. The number of nitrogens with zero attached hydrogens (tertiary/aromatic N) is 3. The van der Waals surface area contributed by atoms with Crippen molar-refractivity contribution >= 4 is 33.9 Å².